The van der Waals surface area contributed by atoms with Crippen molar-refractivity contribution < 1.29 is 18.0 Å². The normalized spacial score (nSPS) is 19.0. The highest BCUT2D eigenvalue weighted by atomic mass is 32.2. The molecule has 0 spiro atoms. The van der Waals surface area contributed by atoms with Gasteiger partial charge in [0.05, 0.1) is 10.5 Å². The van der Waals surface area contributed by atoms with Crippen molar-refractivity contribution in [2.45, 2.75) is 23.8 Å². The lowest BCUT2D eigenvalue weighted by Crippen LogP contribution is -2.48. The largest absolute Gasteiger partial charge is 0.280 e. The third-order valence-corrected chi connectivity index (χ3v) is 6.76. The van der Waals surface area contributed by atoms with E-state index >= 15 is 0 Å². The maximum absolute atomic E-state index is 12.7. The topological polar surface area (TPSA) is 87.7 Å². The van der Waals surface area contributed by atoms with E-state index in [2.05, 4.69) is 4.98 Å². The number of pyridine rings is 1. The molecule has 8 heteroatoms. The first kappa shape index (κ1) is 16.9. The number of sulfonamides is 1. The van der Waals surface area contributed by atoms with Gasteiger partial charge in [0, 0.05) is 25.3 Å². The summed E-state index contributed by atoms with van der Waals surface area (Å²) in [5, 5.41) is 0. The molecule has 0 aliphatic carbocycles. The molecular weight excluding hydrogens is 354 g/mol. The van der Waals surface area contributed by atoms with Crippen LogP contribution in [0.25, 0.3) is 0 Å². The highest BCUT2D eigenvalue weighted by Gasteiger charge is 2.42. The smallest absolute Gasteiger partial charge is 0.270 e. The summed E-state index contributed by atoms with van der Waals surface area (Å²) in [4.78, 5) is 30.6. The Hall–Kier alpha value is -2.58. The summed E-state index contributed by atoms with van der Waals surface area (Å²) in [5.41, 5.74) is 0.494. The second-order valence-corrected chi connectivity index (χ2v) is 8.27. The fourth-order valence-electron chi connectivity index (χ4n) is 3.50. The standard InChI is InChI=1S/C18H17N3O4S/c22-17-15-7-4-10-19-16(15)18(23)21(17)13-8-11-20(12-9-13)26(24,25)14-5-2-1-3-6-14/h1-7,10,13H,8-9,11-12H2. The molecule has 0 atom stereocenters. The van der Waals surface area contributed by atoms with Crippen LogP contribution in [0.2, 0.25) is 0 Å². The Labute approximate surface area is 151 Å². The Kier molecular flexibility index (Phi) is 4.08. The number of nitrogens with zero attached hydrogens (tertiary/aromatic N) is 3. The van der Waals surface area contributed by atoms with Crippen molar-refractivity contribution in [3.8, 4) is 0 Å². The molecule has 0 saturated carbocycles. The highest BCUT2D eigenvalue weighted by molar-refractivity contribution is 7.89. The predicted octanol–water partition coefficient (Wildman–Crippen LogP) is 1.53. The minimum absolute atomic E-state index is 0.178. The van der Waals surface area contributed by atoms with Gasteiger partial charge in [0.15, 0.2) is 0 Å². The van der Waals surface area contributed by atoms with Crippen LogP contribution in [0.1, 0.15) is 33.7 Å². The summed E-state index contributed by atoms with van der Waals surface area (Å²) in [6.07, 6.45) is 2.32. The number of piperidine rings is 1. The zero-order valence-corrected chi connectivity index (χ0v) is 14.7. The summed E-state index contributed by atoms with van der Waals surface area (Å²) in [6.45, 7) is 0.533. The van der Waals surface area contributed by atoms with E-state index in [-0.39, 0.29) is 35.6 Å². The van der Waals surface area contributed by atoms with Crippen molar-refractivity contribution >= 4 is 21.8 Å². The first-order valence-electron chi connectivity index (χ1n) is 8.38. The van der Waals surface area contributed by atoms with E-state index < -0.39 is 15.9 Å². The Bertz CT molecular complexity index is 932. The van der Waals surface area contributed by atoms with Crippen LogP contribution < -0.4 is 0 Å². The summed E-state index contributed by atoms with van der Waals surface area (Å²) in [7, 11) is -3.56. The van der Waals surface area contributed by atoms with Gasteiger partial charge in [0.25, 0.3) is 11.8 Å². The van der Waals surface area contributed by atoms with Crippen LogP contribution in [0.15, 0.2) is 53.6 Å². The van der Waals surface area contributed by atoms with Crippen LogP contribution in [0.5, 0.6) is 0 Å². The van der Waals surface area contributed by atoms with Crippen LogP contribution in [-0.4, -0.2) is 53.6 Å². The Morgan fingerprint density at radius 3 is 2.27 bits per heavy atom. The van der Waals surface area contributed by atoms with E-state index in [0.29, 0.717) is 18.4 Å². The van der Waals surface area contributed by atoms with Gasteiger partial charge in [0.1, 0.15) is 5.69 Å². The van der Waals surface area contributed by atoms with Crippen molar-refractivity contribution in [2.24, 2.45) is 0 Å². The number of aromatic nitrogens is 1. The Morgan fingerprint density at radius 1 is 0.923 bits per heavy atom. The van der Waals surface area contributed by atoms with E-state index in [0.717, 1.165) is 0 Å². The van der Waals surface area contributed by atoms with Crippen LogP contribution >= 0.6 is 0 Å². The number of hydrogen-bond donors (Lipinski definition) is 0. The van der Waals surface area contributed by atoms with Gasteiger partial charge in [-0.2, -0.15) is 4.31 Å². The van der Waals surface area contributed by atoms with Gasteiger partial charge in [0.2, 0.25) is 10.0 Å². The molecular formula is C18H17N3O4S. The molecule has 26 heavy (non-hydrogen) atoms. The second kappa shape index (κ2) is 6.30. The van der Waals surface area contributed by atoms with Gasteiger partial charge in [-0.1, -0.05) is 18.2 Å². The molecule has 1 saturated heterocycles. The zero-order valence-electron chi connectivity index (χ0n) is 13.9. The fraction of sp³-hybridized carbons (Fsp3) is 0.278. The Morgan fingerprint density at radius 2 is 1.62 bits per heavy atom. The summed E-state index contributed by atoms with van der Waals surface area (Å²) < 4.78 is 26.8. The molecule has 2 aliphatic heterocycles. The third kappa shape index (κ3) is 2.62. The Balaban J connectivity index is 1.50. The van der Waals surface area contributed by atoms with E-state index in [4.69, 9.17) is 0 Å². The molecule has 2 aromatic rings. The van der Waals surface area contributed by atoms with Gasteiger partial charge in [-0.05, 0) is 37.1 Å². The number of fused-ring (bicyclic) bond motifs is 1. The number of benzene rings is 1. The molecule has 0 radical (unpaired) electrons. The molecule has 1 aromatic heterocycles. The monoisotopic (exact) mass is 371 g/mol. The first-order chi connectivity index (χ1) is 12.5. The lowest BCUT2D eigenvalue weighted by Gasteiger charge is -2.34. The van der Waals surface area contributed by atoms with Crippen LogP contribution in [0, 0.1) is 0 Å². The SMILES string of the molecule is O=C1c2cccnc2C(=O)N1C1CCN(S(=O)(=O)c2ccccc2)CC1. The fourth-order valence-corrected chi connectivity index (χ4v) is 4.99. The number of imide groups is 1. The van der Waals surface area contributed by atoms with E-state index in [1.54, 1.807) is 42.5 Å². The lowest BCUT2D eigenvalue weighted by molar-refractivity contribution is 0.0534. The van der Waals surface area contributed by atoms with Crippen molar-refractivity contribution in [1.82, 2.24) is 14.2 Å². The van der Waals surface area contributed by atoms with Crippen LogP contribution in [-0.2, 0) is 10.0 Å². The number of carbonyl (C=O) groups is 2. The summed E-state index contributed by atoms with van der Waals surface area (Å²) >= 11 is 0. The van der Waals surface area contributed by atoms with Gasteiger partial charge in [-0.15, -0.1) is 0 Å². The third-order valence-electron chi connectivity index (χ3n) is 4.85. The number of amides is 2. The molecule has 0 bridgehead atoms. The van der Waals surface area contributed by atoms with Crippen molar-refractivity contribution in [3.05, 3.63) is 59.9 Å². The molecule has 2 amide bonds. The number of hydrogen-bond acceptors (Lipinski definition) is 5. The number of rotatable bonds is 3. The molecule has 1 aromatic carbocycles. The van der Waals surface area contributed by atoms with Gasteiger partial charge in [-0.3, -0.25) is 19.5 Å². The van der Waals surface area contributed by atoms with E-state index in [9.17, 15) is 18.0 Å². The number of carbonyl (C=O) groups excluding carboxylic acids is 2. The minimum Gasteiger partial charge on any atom is -0.270 e. The highest BCUT2D eigenvalue weighted by Crippen LogP contribution is 2.29. The zero-order chi connectivity index (χ0) is 18.3. The van der Waals surface area contributed by atoms with Crippen molar-refractivity contribution in [1.29, 1.82) is 0 Å². The minimum atomic E-state index is -3.56. The predicted molar refractivity (Wildman–Crippen MR) is 93.0 cm³/mol. The van der Waals surface area contributed by atoms with Gasteiger partial charge in [-0.25, -0.2) is 8.42 Å². The average molecular weight is 371 g/mol. The van der Waals surface area contributed by atoms with Gasteiger partial charge >= 0.3 is 0 Å². The molecule has 7 nitrogen and oxygen atoms in total. The van der Waals surface area contributed by atoms with E-state index in [1.807, 2.05) is 0 Å². The molecule has 0 unspecified atom stereocenters. The van der Waals surface area contributed by atoms with Crippen LogP contribution in [0.4, 0.5) is 0 Å². The molecule has 134 valence electrons. The van der Waals surface area contributed by atoms with Gasteiger partial charge < -0.3 is 0 Å². The first-order valence-corrected chi connectivity index (χ1v) is 9.82. The summed E-state index contributed by atoms with van der Waals surface area (Å²) in [6, 6.07) is 11.2. The van der Waals surface area contributed by atoms with Crippen molar-refractivity contribution in [3.63, 3.8) is 0 Å². The molecule has 1 fully saturated rings. The van der Waals surface area contributed by atoms with E-state index in [1.165, 1.54) is 15.4 Å². The van der Waals surface area contributed by atoms with Crippen LogP contribution in [0.3, 0.4) is 0 Å². The summed E-state index contributed by atoms with van der Waals surface area (Å²) in [5.74, 6) is -0.738. The molecule has 2 aliphatic rings. The molecule has 3 heterocycles. The average Bonchev–Trinajstić information content (AvgIpc) is 2.94. The second-order valence-electron chi connectivity index (χ2n) is 6.33. The lowest BCUT2D eigenvalue weighted by atomic mass is 10.1. The maximum atomic E-state index is 12.7. The molecule has 0 N–H and O–H groups in total. The quantitative estimate of drug-likeness (QED) is 0.764. The maximum Gasteiger partial charge on any atom is 0.280 e. The van der Waals surface area contributed by atoms with Crippen molar-refractivity contribution in [2.75, 3.05) is 13.1 Å². The molecule has 4 rings (SSSR count).